The topological polar surface area (TPSA) is 335 Å². The van der Waals surface area contributed by atoms with Gasteiger partial charge < -0.3 is 94.8 Å². The van der Waals surface area contributed by atoms with E-state index in [9.17, 15) is 66.4 Å². The van der Waals surface area contributed by atoms with Crippen molar-refractivity contribution in [1.82, 2.24) is 0 Å². The van der Waals surface area contributed by atoms with Crippen LogP contribution in [0.2, 0.25) is 0 Å². The number of carbonyl (C=O) groups excluding carboxylic acids is 1. The lowest BCUT2D eigenvalue weighted by Crippen LogP contribution is -2.68. The molecule has 0 radical (unpaired) electrons. The maximum absolute atomic E-state index is 15.5. The fourth-order valence-corrected chi connectivity index (χ4v) is 15.1. The van der Waals surface area contributed by atoms with Gasteiger partial charge in [0.1, 0.15) is 67.1 Å². The molecule has 0 aromatic rings. The SMILES string of the molecule is CC1(C)CCC2(C(=O)OC3OC(CO)C(O)C(OC4OC(CO)C(O)C(O)C4O)C3OC3OC(CO)C(O)C(O)C3O)CCC3(C)C(=CCC4C5(C)CC(O)C(O)C(C)(CO)C5CCC43C)C2C1. The van der Waals surface area contributed by atoms with E-state index in [4.69, 9.17) is 28.4 Å². The van der Waals surface area contributed by atoms with Crippen LogP contribution >= 0.6 is 0 Å². The summed E-state index contributed by atoms with van der Waals surface area (Å²) in [6.07, 6.45) is -21.6. The van der Waals surface area contributed by atoms with Crippen LogP contribution in [0.1, 0.15) is 99.3 Å². The second-order valence-corrected chi connectivity index (χ2v) is 23.5. The van der Waals surface area contributed by atoms with Crippen LogP contribution in [0.25, 0.3) is 0 Å². The van der Waals surface area contributed by atoms with E-state index in [-0.39, 0.29) is 35.2 Å². The number of aliphatic hydroxyl groups is 13. The van der Waals surface area contributed by atoms with Crippen LogP contribution in [0.15, 0.2) is 11.6 Å². The van der Waals surface area contributed by atoms with Crippen LogP contribution in [0.4, 0.5) is 0 Å². The molecule has 0 bridgehead atoms. The molecule has 390 valence electrons. The second-order valence-electron chi connectivity index (χ2n) is 23.5. The maximum atomic E-state index is 15.5. The molecule has 8 rings (SSSR count). The molecule has 4 saturated carbocycles. The molecule has 20 heteroatoms. The molecule has 0 aromatic carbocycles. The van der Waals surface area contributed by atoms with Gasteiger partial charge in [-0.1, -0.05) is 53.2 Å². The van der Waals surface area contributed by atoms with Gasteiger partial charge in [-0.2, -0.15) is 0 Å². The van der Waals surface area contributed by atoms with Gasteiger partial charge in [-0.15, -0.1) is 0 Å². The van der Waals surface area contributed by atoms with E-state index < -0.39 is 152 Å². The van der Waals surface area contributed by atoms with Crippen molar-refractivity contribution in [3.8, 4) is 0 Å². The molecule has 25 unspecified atom stereocenters. The molecule has 0 aromatic heterocycles. The van der Waals surface area contributed by atoms with Gasteiger partial charge in [0.25, 0.3) is 0 Å². The molecule has 25 atom stereocenters. The Morgan fingerprint density at radius 1 is 0.618 bits per heavy atom. The van der Waals surface area contributed by atoms with Crippen LogP contribution in [-0.2, 0) is 33.2 Å². The molecule has 68 heavy (non-hydrogen) atoms. The highest BCUT2D eigenvalue weighted by Crippen LogP contribution is 2.76. The third-order valence-electron chi connectivity index (χ3n) is 19.4. The highest BCUT2D eigenvalue weighted by molar-refractivity contribution is 5.79. The highest BCUT2D eigenvalue weighted by Gasteiger charge is 2.71. The molecular weight excluding hydrogens is 897 g/mol. The molecule has 5 aliphatic carbocycles. The van der Waals surface area contributed by atoms with Gasteiger partial charge in [0.2, 0.25) is 6.29 Å². The first-order valence-corrected chi connectivity index (χ1v) is 24.6. The van der Waals surface area contributed by atoms with E-state index in [1.54, 1.807) is 0 Å². The predicted molar refractivity (Wildman–Crippen MR) is 233 cm³/mol. The molecule has 13 N–H and O–H groups in total. The summed E-state index contributed by atoms with van der Waals surface area (Å²) in [6, 6.07) is 0. The van der Waals surface area contributed by atoms with E-state index in [1.807, 2.05) is 6.92 Å². The zero-order valence-electron chi connectivity index (χ0n) is 40.0. The van der Waals surface area contributed by atoms with Gasteiger partial charge >= 0.3 is 5.97 Å². The summed E-state index contributed by atoms with van der Waals surface area (Å²) in [5.74, 6) is -0.995. The average molecular weight is 975 g/mol. The quantitative estimate of drug-likeness (QED) is 0.0839. The van der Waals surface area contributed by atoms with Crippen LogP contribution in [0.5, 0.6) is 0 Å². The van der Waals surface area contributed by atoms with Crippen molar-refractivity contribution in [3.05, 3.63) is 11.6 Å². The maximum Gasteiger partial charge on any atom is 0.315 e. The van der Waals surface area contributed by atoms with Crippen LogP contribution in [-0.4, -0.2) is 203 Å². The predicted octanol–water partition coefficient (Wildman–Crippen LogP) is -1.92. The number of fused-ring (bicyclic) bond motifs is 7. The average Bonchev–Trinajstić information content (AvgIpc) is 3.30. The second kappa shape index (κ2) is 18.8. The van der Waals surface area contributed by atoms with Gasteiger partial charge in [-0.05, 0) is 97.2 Å². The summed E-state index contributed by atoms with van der Waals surface area (Å²) in [7, 11) is 0. The van der Waals surface area contributed by atoms with Crippen molar-refractivity contribution in [2.75, 3.05) is 26.4 Å². The third-order valence-corrected chi connectivity index (χ3v) is 19.4. The largest absolute Gasteiger partial charge is 0.432 e. The zero-order chi connectivity index (χ0) is 49.8. The lowest BCUT2D eigenvalue weighted by Gasteiger charge is -2.71. The normalized spacial score (nSPS) is 54.6. The first-order chi connectivity index (χ1) is 31.8. The molecule has 0 spiro atoms. The Balaban J connectivity index is 1.15. The number of hydrogen-bond acceptors (Lipinski definition) is 20. The highest BCUT2D eigenvalue weighted by atomic mass is 16.8. The van der Waals surface area contributed by atoms with Gasteiger partial charge in [0.05, 0.1) is 44.1 Å². The Morgan fingerprint density at radius 3 is 1.71 bits per heavy atom. The standard InChI is InChI=1S/C48H78O20/c1-43(2)11-13-48(14-12-46(5)21(22(48)15-43)7-8-28-44(3)16-23(53)38(61)45(4,20-52)27(44)9-10-47(28,46)6)42(62)68-41-37(67-40-35(60)33(58)30(55)25(18-50)64-40)36(31(56)26(19-51)65-41)66-39-34(59)32(57)29(54)24(17-49)63-39/h7,22-41,49-61H,8-20H2,1-6H3. The van der Waals surface area contributed by atoms with Crippen molar-refractivity contribution in [1.29, 1.82) is 0 Å². The fourth-order valence-electron chi connectivity index (χ4n) is 15.1. The first-order valence-electron chi connectivity index (χ1n) is 24.6. The Bertz CT molecular complexity index is 1850. The first kappa shape index (κ1) is 52.8. The molecule has 8 aliphatic rings. The third kappa shape index (κ3) is 8.07. The van der Waals surface area contributed by atoms with Gasteiger partial charge in [-0.25, -0.2) is 0 Å². The molecule has 20 nitrogen and oxygen atoms in total. The Kier molecular flexibility index (Phi) is 14.6. The van der Waals surface area contributed by atoms with Crippen molar-refractivity contribution in [2.45, 2.75) is 204 Å². The Labute approximate surface area is 396 Å². The van der Waals surface area contributed by atoms with Gasteiger partial charge in [0.15, 0.2) is 18.7 Å². The van der Waals surface area contributed by atoms with E-state index in [2.05, 4.69) is 40.7 Å². The van der Waals surface area contributed by atoms with Crippen molar-refractivity contribution < 1.29 is 99.6 Å². The lowest BCUT2D eigenvalue weighted by atomic mass is 9.33. The number of hydrogen-bond donors (Lipinski definition) is 13. The van der Waals surface area contributed by atoms with Crippen molar-refractivity contribution in [3.63, 3.8) is 0 Å². The Morgan fingerprint density at radius 2 is 1.15 bits per heavy atom. The van der Waals surface area contributed by atoms with Crippen LogP contribution in [0, 0.1) is 50.2 Å². The summed E-state index contributed by atoms with van der Waals surface area (Å²) in [4.78, 5) is 15.5. The van der Waals surface area contributed by atoms with E-state index in [0.29, 0.717) is 44.9 Å². The summed E-state index contributed by atoms with van der Waals surface area (Å²) in [6.45, 7) is 10.3. The molecular formula is C48H78O20. The number of ether oxygens (including phenoxy) is 6. The van der Waals surface area contributed by atoms with E-state index >= 15 is 4.79 Å². The summed E-state index contributed by atoms with van der Waals surface area (Å²) in [5.41, 5.74) is -2.25. The minimum Gasteiger partial charge on any atom is -0.432 e. The van der Waals surface area contributed by atoms with E-state index in [1.165, 1.54) is 0 Å². The molecule has 3 saturated heterocycles. The zero-order valence-corrected chi connectivity index (χ0v) is 40.0. The number of carbonyl (C=O) groups is 1. The fraction of sp³-hybridized carbons (Fsp3) is 0.938. The summed E-state index contributed by atoms with van der Waals surface area (Å²) >= 11 is 0. The smallest absolute Gasteiger partial charge is 0.315 e. The number of rotatable bonds is 10. The van der Waals surface area contributed by atoms with Crippen molar-refractivity contribution in [2.24, 2.45) is 50.2 Å². The number of esters is 1. The monoisotopic (exact) mass is 975 g/mol. The Hall–Kier alpha value is -1.51. The number of aliphatic hydroxyl groups excluding tert-OH is 13. The molecule has 7 fully saturated rings. The van der Waals surface area contributed by atoms with Crippen LogP contribution < -0.4 is 0 Å². The summed E-state index contributed by atoms with van der Waals surface area (Å²) < 4.78 is 36.1. The minimum atomic E-state index is -2.00. The van der Waals surface area contributed by atoms with Crippen LogP contribution in [0.3, 0.4) is 0 Å². The molecule has 0 amide bonds. The van der Waals surface area contributed by atoms with Gasteiger partial charge in [-0.3, -0.25) is 4.79 Å². The number of allylic oxidation sites excluding steroid dienone is 2. The summed E-state index contributed by atoms with van der Waals surface area (Å²) in [5, 5.41) is 140. The minimum absolute atomic E-state index is 0.0512. The van der Waals surface area contributed by atoms with Gasteiger partial charge in [0, 0.05) is 5.41 Å². The van der Waals surface area contributed by atoms with Crippen molar-refractivity contribution >= 4 is 5.97 Å². The van der Waals surface area contributed by atoms with E-state index in [0.717, 1.165) is 18.4 Å². The lowest BCUT2D eigenvalue weighted by molar-refractivity contribution is -0.388. The molecule has 3 heterocycles. The molecule has 3 aliphatic heterocycles.